The lowest BCUT2D eigenvalue weighted by molar-refractivity contribution is -0.159. The van der Waals surface area contributed by atoms with Crippen molar-refractivity contribution in [1.82, 2.24) is 0 Å². The van der Waals surface area contributed by atoms with Crippen LogP contribution in [0.4, 0.5) is 0 Å². The molecule has 2 aliphatic rings. The minimum Gasteiger partial charge on any atom is -0.481 e. The maximum atomic E-state index is 12.1. The molecule has 0 aromatic rings. The van der Waals surface area contributed by atoms with Crippen LogP contribution >= 0.6 is 0 Å². The van der Waals surface area contributed by atoms with Crippen molar-refractivity contribution in [3.63, 3.8) is 0 Å². The molecule has 2 rings (SSSR count). The highest BCUT2D eigenvalue weighted by Gasteiger charge is 2.36. The third kappa shape index (κ3) is 8.08. The normalized spacial score (nSPS) is 24.6. The fourth-order valence-electron chi connectivity index (χ4n) is 3.63. The average Bonchev–Trinajstić information content (AvgIpc) is 2.79. The van der Waals surface area contributed by atoms with Crippen molar-refractivity contribution >= 4 is 23.9 Å². The maximum absolute atomic E-state index is 12.1. The van der Waals surface area contributed by atoms with E-state index >= 15 is 0 Å². The van der Waals surface area contributed by atoms with E-state index in [-0.39, 0.29) is 39.6 Å². The molecule has 2 N–H and O–H groups in total. The minimum atomic E-state index is -1.01. The quantitative estimate of drug-likeness (QED) is 0.238. The van der Waals surface area contributed by atoms with Crippen LogP contribution in [0.2, 0.25) is 0 Å². The number of ether oxygens (including phenoxy) is 4. The standard InChI is InChI=1S/C22H30O10/c23-19(24)15-5-1-3-7-17(15)21(27)31-13-11-29-9-10-30-12-14-32-22(28)18-8-4-2-6-16(18)20(25)26/h1-4,15-18H,5-14H2,(H,23,24)(H,25,26)/t15-,16+,17+,18-. The molecule has 0 amide bonds. The van der Waals surface area contributed by atoms with E-state index in [1.807, 2.05) is 0 Å². The van der Waals surface area contributed by atoms with Crippen molar-refractivity contribution < 1.29 is 48.3 Å². The Balaban J connectivity index is 1.49. The summed E-state index contributed by atoms with van der Waals surface area (Å²) in [6, 6.07) is 0. The molecule has 10 nitrogen and oxygen atoms in total. The molecule has 10 heteroatoms. The Kier molecular flexibility index (Phi) is 10.9. The number of carbonyl (C=O) groups is 4. The number of aliphatic carboxylic acids is 2. The molecule has 0 saturated heterocycles. The number of allylic oxidation sites excluding steroid dienone is 4. The van der Waals surface area contributed by atoms with E-state index in [1.165, 1.54) is 0 Å². The van der Waals surface area contributed by atoms with Gasteiger partial charge >= 0.3 is 23.9 Å². The molecular formula is C22H30O10. The fraction of sp³-hybridized carbons (Fsp3) is 0.636. The smallest absolute Gasteiger partial charge is 0.310 e. The van der Waals surface area contributed by atoms with Crippen LogP contribution in [0.5, 0.6) is 0 Å². The third-order valence-corrected chi connectivity index (χ3v) is 5.42. The van der Waals surface area contributed by atoms with Gasteiger partial charge in [0.25, 0.3) is 0 Å². The highest BCUT2D eigenvalue weighted by Crippen LogP contribution is 2.27. The van der Waals surface area contributed by atoms with Crippen molar-refractivity contribution in [2.24, 2.45) is 23.7 Å². The first kappa shape index (κ1) is 25.5. The van der Waals surface area contributed by atoms with E-state index in [2.05, 4.69) is 0 Å². The van der Waals surface area contributed by atoms with E-state index in [4.69, 9.17) is 18.9 Å². The van der Waals surface area contributed by atoms with Gasteiger partial charge in [-0.2, -0.15) is 0 Å². The van der Waals surface area contributed by atoms with Gasteiger partial charge < -0.3 is 29.2 Å². The van der Waals surface area contributed by atoms with Gasteiger partial charge in [0.2, 0.25) is 0 Å². The number of carboxylic acid groups (broad SMARTS) is 2. The van der Waals surface area contributed by atoms with Gasteiger partial charge in [-0.25, -0.2) is 0 Å². The summed E-state index contributed by atoms with van der Waals surface area (Å²) in [5.41, 5.74) is 0. The van der Waals surface area contributed by atoms with E-state index in [1.54, 1.807) is 24.3 Å². The van der Waals surface area contributed by atoms with Crippen molar-refractivity contribution in [2.45, 2.75) is 25.7 Å². The number of hydrogen-bond donors (Lipinski definition) is 2. The van der Waals surface area contributed by atoms with Crippen LogP contribution in [0.3, 0.4) is 0 Å². The van der Waals surface area contributed by atoms with E-state index in [9.17, 15) is 29.4 Å². The van der Waals surface area contributed by atoms with E-state index in [0.717, 1.165) is 0 Å². The van der Waals surface area contributed by atoms with Gasteiger partial charge in [-0.1, -0.05) is 24.3 Å². The Morgan fingerprint density at radius 2 is 0.875 bits per heavy atom. The first-order chi connectivity index (χ1) is 15.4. The highest BCUT2D eigenvalue weighted by atomic mass is 16.6. The molecule has 0 aromatic heterocycles. The Morgan fingerprint density at radius 1 is 0.562 bits per heavy atom. The topological polar surface area (TPSA) is 146 Å². The summed E-state index contributed by atoms with van der Waals surface area (Å²) in [5, 5.41) is 18.4. The molecule has 0 aromatic carbocycles. The Bertz CT molecular complexity index is 654. The summed E-state index contributed by atoms with van der Waals surface area (Å²) in [7, 11) is 0. The van der Waals surface area contributed by atoms with Gasteiger partial charge in [0, 0.05) is 0 Å². The number of carboxylic acids is 2. The Hall–Kier alpha value is -2.72. The van der Waals surface area contributed by atoms with Crippen LogP contribution in [0, 0.1) is 23.7 Å². The molecule has 0 saturated carbocycles. The molecular weight excluding hydrogens is 424 g/mol. The van der Waals surface area contributed by atoms with Crippen molar-refractivity contribution in [3.8, 4) is 0 Å². The fourth-order valence-corrected chi connectivity index (χ4v) is 3.63. The summed E-state index contributed by atoms with van der Waals surface area (Å²) in [4.78, 5) is 46.6. The van der Waals surface area contributed by atoms with E-state index < -0.39 is 47.5 Å². The second-order valence-electron chi connectivity index (χ2n) is 7.55. The molecule has 0 spiro atoms. The lowest BCUT2D eigenvalue weighted by atomic mass is 9.83. The lowest BCUT2D eigenvalue weighted by Gasteiger charge is -2.23. The lowest BCUT2D eigenvalue weighted by Crippen LogP contribution is -2.33. The summed E-state index contributed by atoms with van der Waals surface area (Å²) >= 11 is 0. The summed E-state index contributed by atoms with van der Waals surface area (Å²) in [6.45, 7) is 0.813. The minimum absolute atomic E-state index is 0.0174. The summed E-state index contributed by atoms with van der Waals surface area (Å²) < 4.78 is 20.8. The zero-order chi connectivity index (χ0) is 23.3. The SMILES string of the molecule is O=C(O)[C@H]1CC=CC[C@H]1C(=O)OCCOCCOCCOC(=O)[C@H]1CC=CC[C@H]1C(=O)O. The van der Waals surface area contributed by atoms with E-state index in [0.29, 0.717) is 25.7 Å². The Morgan fingerprint density at radius 3 is 1.22 bits per heavy atom. The molecule has 0 unspecified atom stereocenters. The second kappa shape index (κ2) is 13.6. The molecule has 0 aliphatic heterocycles. The van der Waals surface area contributed by atoms with Crippen LogP contribution in [-0.2, 0) is 38.1 Å². The molecule has 0 bridgehead atoms. The van der Waals surface area contributed by atoms with Crippen LogP contribution in [-0.4, -0.2) is 73.7 Å². The molecule has 0 radical (unpaired) electrons. The van der Waals surface area contributed by atoms with Crippen molar-refractivity contribution in [1.29, 1.82) is 0 Å². The number of rotatable bonds is 13. The Labute approximate surface area is 186 Å². The highest BCUT2D eigenvalue weighted by molar-refractivity contribution is 5.82. The van der Waals surface area contributed by atoms with Crippen LogP contribution in [0.1, 0.15) is 25.7 Å². The summed E-state index contributed by atoms with van der Waals surface area (Å²) in [6.07, 6.45) is 8.42. The molecule has 32 heavy (non-hydrogen) atoms. The average molecular weight is 454 g/mol. The number of carbonyl (C=O) groups excluding carboxylic acids is 2. The predicted molar refractivity (Wildman–Crippen MR) is 110 cm³/mol. The molecule has 0 fully saturated rings. The monoisotopic (exact) mass is 454 g/mol. The van der Waals surface area contributed by atoms with Crippen molar-refractivity contribution in [3.05, 3.63) is 24.3 Å². The largest absolute Gasteiger partial charge is 0.481 e. The zero-order valence-electron chi connectivity index (χ0n) is 17.9. The van der Waals surface area contributed by atoms with Crippen LogP contribution in [0.15, 0.2) is 24.3 Å². The third-order valence-electron chi connectivity index (χ3n) is 5.42. The molecule has 2 aliphatic carbocycles. The van der Waals surface area contributed by atoms with Gasteiger partial charge in [0.1, 0.15) is 13.2 Å². The van der Waals surface area contributed by atoms with Gasteiger partial charge in [0.05, 0.1) is 50.1 Å². The number of hydrogen-bond acceptors (Lipinski definition) is 8. The van der Waals surface area contributed by atoms with Crippen LogP contribution < -0.4 is 0 Å². The first-order valence-electron chi connectivity index (χ1n) is 10.7. The van der Waals surface area contributed by atoms with Gasteiger partial charge in [0.15, 0.2) is 0 Å². The second-order valence-corrected chi connectivity index (χ2v) is 7.55. The van der Waals surface area contributed by atoms with Crippen LogP contribution in [0.25, 0.3) is 0 Å². The van der Waals surface area contributed by atoms with Crippen molar-refractivity contribution in [2.75, 3.05) is 39.6 Å². The molecule has 178 valence electrons. The zero-order valence-corrected chi connectivity index (χ0v) is 17.9. The van der Waals surface area contributed by atoms with Gasteiger partial charge in [-0.15, -0.1) is 0 Å². The first-order valence-corrected chi connectivity index (χ1v) is 10.7. The molecule has 4 atom stereocenters. The van der Waals surface area contributed by atoms with Gasteiger partial charge in [-0.3, -0.25) is 19.2 Å². The number of esters is 2. The predicted octanol–water partition coefficient (Wildman–Crippen LogP) is 1.44. The maximum Gasteiger partial charge on any atom is 0.310 e. The molecule has 0 heterocycles. The summed E-state index contributed by atoms with van der Waals surface area (Å²) in [5.74, 6) is -5.98. The van der Waals surface area contributed by atoms with Gasteiger partial charge in [-0.05, 0) is 25.7 Å².